The van der Waals surface area contributed by atoms with E-state index < -0.39 is 12.7 Å². The molecule has 0 spiro atoms. The monoisotopic (exact) mass is 164 g/mol. The van der Waals surface area contributed by atoms with Crippen LogP contribution in [0, 0.1) is 0 Å². The normalized spacial score (nSPS) is 12.3. The van der Waals surface area contributed by atoms with Gasteiger partial charge in [0.2, 0.25) is 0 Å². The lowest BCUT2D eigenvalue weighted by Gasteiger charge is -2.10. The molecule has 0 fully saturated rings. The summed E-state index contributed by atoms with van der Waals surface area (Å²) in [6, 6.07) is -0.751. The molecule has 0 rings (SSSR count). The second-order valence-electron chi connectivity index (χ2n) is 2.17. The van der Waals surface area contributed by atoms with E-state index in [0.29, 0.717) is 0 Å². The van der Waals surface area contributed by atoms with E-state index in [4.69, 9.17) is 5.11 Å². The maximum Gasteiger partial charge on any atom is 0.315 e. The first-order chi connectivity index (χ1) is 5.20. The lowest BCUT2D eigenvalue weighted by Crippen LogP contribution is -2.42. The summed E-state index contributed by atoms with van der Waals surface area (Å²) >= 11 is 0. The lowest BCUT2D eigenvalue weighted by molar-refractivity contribution is 0.220. The summed E-state index contributed by atoms with van der Waals surface area (Å²) in [5.41, 5.74) is 0. The molecule has 1 atom stereocenters. The molecular weight excluding hydrogens is 151 g/mol. The Morgan fingerprint density at radius 1 is 1.73 bits per heavy atom. The molecule has 66 valence electrons. The smallest absolute Gasteiger partial charge is 0.315 e. The fourth-order valence-corrected chi connectivity index (χ4v) is 0.481. The van der Waals surface area contributed by atoms with E-state index in [-0.39, 0.29) is 19.2 Å². The topological polar surface area (TPSA) is 61.4 Å². The Kier molecular flexibility index (Phi) is 5.46. The van der Waals surface area contributed by atoms with Crippen molar-refractivity contribution in [2.75, 3.05) is 19.8 Å². The SMILES string of the molecule is C[C@@H](CO)NC(=O)NCCF. The van der Waals surface area contributed by atoms with E-state index in [2.05, 4.69) is 10.6 Å². The maximum absolute atomic E-state index is 11.5. The van der Waals surface area contributed by atoms with Crippen molar-refractivity contribution in [1.82, 2.24) is 10.6 Å². The molecule has 0 unspecified atom stereocenters. The van der Waals surface area contributed by atoms with Gasteiger partial charge >= 0.3 is 6.03 Å². The van der Waals surface area contributed by atoms with Gasteiger partial charge in [0.05, 0.1) is 12.6 Å². The van der Waals surface area contributed by atoms with Crippen molar-refractivity contribution < 1.29 is 14.3 Å². The third-order valence-corrected chi connectivity index (χ3v) is 1.03. The zero-order valence-electron chi connectivity index (χ0n) is 6.43. The average molecular weight is 164 g/mol. The number of aliphatic hydroxyl groups excluding tert-OH is 1. The molecule has 0 aromatic heterocycles. The largest absolute Gasteiger partial charge is 0.394 e. The standard InChI is InChI=1S/C6H13FN2O2/c1-5(4-10)9-6(11)8-3-2-7/h5,10H,2-4H2,1H3,(H2,8,9,11)/t5-/m0/s1. The van der Waals surface area contributed by atoms with Crippen LogP contribution in [0.2, 0.25) is 0 Å². The molecule has 0 heterocycles. The number of halogens is 1. The van der Waals surface area contributed by atoms with E-state index in [0.717, 1.165) is 0 Å². The van der Waals surface area contributed by atoms with E-state index in [1.807, 2.05) is 0 Å². The summed E-state index contributed by atoms with van der Waals surface area (Å²) in [4.78, 5) is 10.7. The first kappa shape index (κ1) is 10.2. The van der Waals surface area contributed by atoms with Gasteiger partial charge in [0, 0.05) is 6.54 Å². The van der Waals surface area contributed by atoms with Gasteiger partial charge in [0.25, 0.3) is 0 Å². The molecule has 5 heteroatoms. The molecular formula is C6H13FN2O2. The molecule has 3 N–H and O–H groups in total. The molecule has 0 radical (unpaired) electrons. The molecule has 0 aromatic rings. The Morgan fingerprint density at radius 3 is 2.82 bits per heavy atom. The fraction of sp³-hybridized carbons (Fsp3) is 0.833. The zero-order chi connectivity index (χ0) is 8.69. The van der Waals surface area contributed by atoms with Crippen LogP contribution in [-0.4, -0.2) is 37.0 Å². The van der Waals surface area contributed by atoms with Crippen molar-refractivity contribution in [2.45, 2.75) is 13.0 Å². The van der Waals surface area contributed by atoms with Gasteiger partial charge in [0.15, 0.2) is 0 Å². The van der Waals surface area contributed by atoms with E-state index in [1.165, 1.54) is 0 Å². The third-order valence-electron chi connectivity index (χ3n) is 1.03. The number of amides is 2. The number of nitrogens with one attached hydrogen (secondary N) is 2. The lowest BCUT2D eigenvalue weighted by atomic mass is 10.4. The minimum absolute atomic E-state index is 0.00395. The van der Waals surface area contributed by atoms with Gasteiger partial charge < -0.3 is 15.7 Å². The predicted molar refractivity (Wildman–Crippen MR) is 39.1 cm³/mol. The van der Waals surface area contributed by atoms with Crippen LogP contribution in [0.15, 0.2) is 0 Å². The number of alkyl halides is 1. The molecule has 0 aliphatic rings. The van der Waals surface area contributed by atoms with Crippen molar-refractivity contribution in [3.05, 3.63) is 0 Å². The first-order valence-electron chi connectivity index (χ1n) is 3.42. The van der Waals surface area contributed by atoms with E-state index in [9.17, 15) is 9.18 Å². The van der Waals surface area contributed by atoms with Crippen LogP contribution in [0.5, 0.6) is 0 Å². The van der Waals surface area contributed by atoms with Gasteiger partial charge in [-0.15, -0.1) is 0 Å². The Bertz CT molecular complexity index is 121. The molecule has 0 saturated heterocycles. The van der Waals surface area contributed by atoms with Gasteiger partial charge in [-0.25, -0.2) is 9.18 Å². The third kappa shape index (κ3) is 5.60. The Morgan fingerprint density at radius 2 is 2.36 bits per heavy atom. The van der Waals surface area contributed by atoms with Crippen LogP contribution < -0.4 is 10.6 Å². The van der Waals surface area contributed by atoms with Gasteiger partial charge in [-0.2, -0.15) is 0 Å². The molecule has 0 aliphatic heterocycles. The number of carbonyl (C=O) groups is 1. The van der Waals surface area contributed by atoms with Crippen molar-refractivity contribution >= 4 is 6.03 Å². The minimum atomic E-state index is -0.582. The highest BCUT2D eigenvalue weighted by molar-refractivity contribution is 5.74. The molecule has 2 amide bonds. The van der Waals surface area contributed by atoms with Crippen molar-refractivity contribution in [2.24, 2.45) is 0 Å². The second-order valence-corrected chi connectivity index (χ2v) is 2.17. The van der Waals surface area contributed by atoms with Gasteiger partial charge in [-0.05, 0) is 6.92 Å². The number of hydrogen-bond acceptors (Lipinski definition) is 2. The van der Waals surface area contributed by atoms with Gasteiger partial charge in [-0.3, -0.25) is 0 Å². The Labute approximate surface area is 64.8 Å². The maximum atomic E-state index is 11.5. The van der Waals surface area contributed by atoms with Crippen molar-refractivity contribution in [3.8, 4) is 0 Å². The van der Waals surface area contributed by atoms with E-state index >= 15 is 0 Å². The average Bonchev–Trinajstić information content (AvgIpc) is 2.00. The van der Waals surface area contributed by atoms with Crippen LogP contribution in [-0.2, 0) is 0 Å². The summed E-state index contributed by atoms with van der Waals surface area (Å²) in [6.07, 6.45) is 0. The zero-order valence-corrected chi connectivity index (χ0v) is 6.43. The van der Waals surface area contributed by atoms with Gasteiger partial charge in [0.1, 0.15) is 6.67 Å². The minimum Gasteiger partial charge on any atom is -0.394 e. The molecule has 0 aromatic carbocycles. The van der Waals surface area contributed by atoms with Crippen molar-refractivity contribution in [3.63, 3.8) is 0 Å². The summed E-state index contributed by atoms with van der Waals surface area (Å²) in [6.45, 7) is 0.947. The molecule has 0 aliphatic carbocycles. The summed E-state index contributed by atoms with van der Waals surface area (Å²) in [7, 11) is 0. The quantitative estimate of drug-likeness (QED) is 0.531. The highest BCUT2D eigenvalue weighted by atomic mass is 19.1. The van der Waals surface area contributed by atoms with Crippen LogP contribution in [0.3, 0.4) is 0 Å². The number of carbonyl (C=O) groups excluding carboxylic acids is 1. The number of urea groups is 1. The molecule has 0 saturated carbocycles. The highest BCUT2D eigenvalue weighted by Crippen LogP contribution is 1.77. The Balaban J connectivity index is 3.36. The van der Waals surface area contributed by atoms with Crippen molar-refractivity contribution in [1.29, 1.82) is 0 Å². The van der Waals surface area contributed by atoms with Crippen LogP contribution in [0.1, 0.15) is 6.92 Å². The van der Waals surface area contributed by atoms with Crippen LogP contribution in [0.25, 0.3) is 0 Å². The summed E-state index contributed by atoms with van der Waals surface area (Å²) < 4.78 is 11.5. The fourth-order valence-electron chi connectivity index (χ4n) is 0.481. The summed E-state index contributed by atoms with van der Waals surface area (Å²) in [5.74, 6) is 0. The summed E-state index contributed by atoms with van der Waals surface area (Å²) in [5, 5.41) is 13.2. The Hall–Kier alpha value is -0.840. The van der Waals surface area contributed by atoms with Gasteiger partial charge in [-0.1, -0.05) is 0 Å². The first-order valence-corrected chi connectivity index (χ1v) is 3.42. The highest BCUT2D eigenvalue weighted by Gasteiger charge is 2.03. The molecule has 4 nitrogen and oxygen atoms in total. The number of hydrogen-bond donors (Lipinski definition) is 3. The number of aliphatic hydroxyl groups is 1. The second kappa shape index (κ2) is 5.91. The van der Waals surface area contributed by atoms with Crippen LogP contribution in [0.4, 0.5) is 9.18 Å². The number of rotatable bonds is 4. The molecule has 0 bridgehead atoms. The molecule has 11 heavy (non-hydrogen) atoms. The van der Waals surface area contributed by atoms with Crippen LogP contribution >= 0.6 is 0 Å². The van der Waals surface area contributed by atoms with E-state index in [1.54, 1.807) is 6.92 Å². The predicted octanol–water partition coefficient (Wildman–Crippen LogP) is -0.364.